The summed E-state index contributed by atoms with van der Waals surface area (Å²) >= 11 is 0. The van der Waals surface area contributed by atoms with E-state index in [-0.39, 0.29) is 5.57 Å². The summed E-state index contributed by atoms with van der Waals surface area (Å²) in [7, 11) is 0. The molecule has 0 spiro atoms. The molecule has 0 unspecified atom stereocenters. The van der Waals surface area contributed by atoms with E-state index < -0.39 is 5.91 Å². The molecule has 0 aromatic carbocycles. The lowest BCUT2D eigenvalue weighted by atomic mass is 10.2. The van der Waals surface area contributed by atoms with Gasteiger partial charge in [-0.2, -0.15) is 0 Å². The molecule has 0 bridgehead atoms. The Morgan fingerprint density at radius 3 is 2.40 bits per heavy atom. The number of carbonyl (C=O) groups excluding carboxylic acids is 1. The Morgan fingerprint density at radius 2 is 2.10 bits per heavy atom. The van der Waals surface area contributed by atoms with E-state index in [0.29, 0.717) is 0 Å². The Balaban J connectivity index is 4.25. The minimum atomic E-state index is -0.541. The van der Waals surface area contributed by atoms with Gasteiger partial charge in [0.15, 0.2) is 0 Å². The van der Waals surface area contributed by atoms with Gasteiger partial charge >= 0.3 is 0 Å². The predicted octanol–water partition coefficient (Wildman–Crippen LogP) is 0.0565. The first-order chi connectivity index (χ1) is 4.72. The van der Waals surface area contributed by atoms with Crippen molar-refractivity contribution in [3.8, 4) is 0 Å². The van der Waals surface area contributed by atoms with Gasteiger partial charge in [0.25, 0.3) is 0 Å². The smallest absolute Gasteiger partial charge is 0.250 e. The summed E-state index contributed by atoms with van der Waals surface area (Å²) in [5, 5.41) is 0. The maximum atomic E-state index is 10.4. The summed E-state index contributed by atoms with van der Waals surface area (Å²) in [6, 6.07) is 0. The van der Waals surface area contributed by atoms with Crippen molar-refractivity contribution < 1.29 is 4.79 Å². The van der Waals surface area contributed by atoms with Crippen molar-refractivity contribution in [2.24, 2.45) is 11.5 Å². The van der Waals surface area contributed by atoms with Gasteiger partial charge in [-0.15, -0.1) is 0 Å². The van der Waals surface area contributed by atoms with Gasteiger partial charge in [0.2, 0.25) is 5.91 Å². The van der Waals surface area contributed by atoms with E-state index >= 15 is 0 Å². The molecule has 4 N–H and O–H groups in total. The molecule has 0 saturated heterocycles. The first kappa shape index (κ1) is 8.49. The monoisotopic (exact) mass is 138 g/mol. The molecular weight excluding hydrogens is 128 g/mol. The van der Waals surface area contributed by atoms with Crippen LogP contribution in [0, 0.1) is 0 Å². The lowest BCUT2D eigenvalue weighted by Gasteiger charge is -1.89. The van der Waals surface area contributed by atoms with Gasteiger partial charge < -0.3 is 11.5 Å². The van der Waals surface area contributed by atoms with Gasteiger partial charge in [-0.1, -0.05) is 18.7 Å². The van der Waals surface area contributed by atoms with Crippen LogP contribution in [0.5, 0.6) is 0 Å². The summed E-state index contributed by atoms with van der Waals surface area (Å²) in [4.78, 5) is 10.4. The summed E-state index contributed by atoms with van der Waals surface area (Å²) < 4.78 is 0. The van der Waals surface area contributed by atoms with Crippen molar-refractivity contribution in [2.45, 2.75) is 0 Å². The summed E-state index contributed by atoms with van der Waals surface area (Å²) in [5.41, 5.74) is 10.3. The highest BCUT2D eigenvalue weighted by atomic mass is 16.1. The maximum absolute atomic E-state index is 10.4. The standard InChI is InChI=1S/C7H10N2O/c1-2-3-4-6(5-8)7(9)10/h2-5H,1,8H2,(H2,9,10)/b4-3-,6-5+. The molecule has 0 aromatic rings. The fourth-order valence-electron chi connectivity index (χ4n) is 0.392. The number of amides is 1. The zero-order valence-electron chi connectivity index (χ0n) is 5.58. The summed E-state index contributed by atoms with van der Waals surface area (Å²) in [6.45, 7) is 3.42. The molecule has 0 aliphatic rings. The topological polar surface area (TPSA) is 69.1 Å². The lowest BCUT2D eigenvalue weighted by molar-refractivity contribution is -0.114. The number of carbonyl (C=O) groups is 1. The Bertz CT molecular complexity index is 192. The molecule has 0 saturated carbocycles. The summed E-state index contributed by atoms with van der Waals surface area (Å²) in [5.74, 6) is -0.541. The second-order valence-electron chi connectivity index (χ2n) is 1.58. The largest absolute Gasteiger partial charge is 0.404 e. The summed E-state index contributed by atoms with van der Waals surface area (Å²) in [6.07, 6.45) is 5.77. The second-order valence-corrected chi connectivity index (χ2v) is 1.58. The molecule has 0 atom stereocenters. The molecule has 54 valence electrons. The molecule has 0 rings (SSSR count). The average Bonchev–Trinajstić information content (AvgIpc) is 1.89. The Labute approximate surface area is 59.7 Å². The van der Waals surface area contributed by atoms with Crippen LogP contribution >= 0.6 is 0 Å². The third-order valence-electron chi connectivity index (χ3n) is 0.876. The van der Waals surface area contributed by atoms with E-state index in [1.807, 2.05) is 0 Å². The van der Waals surface area contributed by atoms with E-state index in [1.165, 1.54) is 12.2 Å². The third kappa shape index (κ3) is 2.71. The van der Waals surface area contributed by atoms with Crippen LogP contribution in [0.3, 0.4) is 0 Å². The Hall–Kier alpha value is -1.51. The van der Waals surface area contributed by atoms with Crippen LogP contribution < -0.4 is 11.5 Å². The second kappa shape index (κ2) is 4.38. The van der Waals surface area contributed by atoms with Gasteiger partial charge in [-0.05, 0) is 6.08 Å². The van der Waals surface area contributed by atoms with Crippen LogP contribution in [-0.4, -0.2) is 5.91 Å². The molecule has 3 nitrogen and oxygen atoms in total. The fourth-order valence-corrected chi connectivity index (χ4v) is 0.392. The fraction of sp³-hybridized carbons (Fsp3) is 0. The minimum Gasteiger partial charge on any atom is -0.404 e. The highest BCUT2D eigenvalue weighted by molar-refractivity contribution is 5.94. The number of primary amides is 1. The van der Waals surface area contributed by atoms with Crippen molar-refractivity contribution in [3.05, 3.63) is 36.6 Å². The molecule has 0 aliphatic carbocycles. The Morgan fingerprint density at radius 1 is 1.50 bits per heavy atom. The zero-order chi connectivity index (χ0) is 7.98. The van der Waals surface area contributed by atoms with Crippen LogP contribution in [0.15, 0.2) is 36.6 Å². The zero-order valence-corrected chi connectivity index (χ0v) is 5.58. The molecular formula is C7H10N2O. The third-order valence-corrected chi connectivity index (χ3v) is 0.876. The molecule has 0 radical (unpaired) electrons. The van der Waals surface area contributed by atoms with Crippen LogP contribution in [-0.2, 0) is 4.79 Å². The van der Waals surface area contributed by atoms with Crippen LogP contribution in [0.2, 0.25) is 0 Å². The molecule has 3 heteroatoms. The van der Waals surface area contributed by atoms with Gasteiger partial charge in [0.1, 0.15) is 0 Å². The molecule has 0 aliphatic heterocycles. The normalized spacial score (nSPS) is 11.8. The number of nitrogens with two attached hydrogens (primary N) is 2. The molecule has 0 heterocycles. The number of allylic oxidation sites excluding steroid dienone is 2. The van der Waals surface area contributed by atoms with E-state index in [0.717, 1.165) is 6.20 Å². The van der Waals surface area contributed by atoms with Crippen LogP contribution in [0.4, 0.5) is 0 Å². The highest BCUT2D eigenvalue weighted by Crippen LogP contribution is 1.91. The quantitative estimate of drug-likeness (QED) is 0.427. The van der Waals surface area contributed by atoms with Crippen molar-refractivity contribution in [3.63, 3.8) is 0 Å². The van der Waals surface area contributed by atoms with Gasteiger partial charge in [-0.3, -0.25) is 4.79 Å². The molecule has 1 amide bonds. The van der Waals surface area contributed by atoms with Crippen molar-refractivity contribution >= 4 is 5.91 Å². The van der Waals surface area contributed by atoms with Crippen LogP contribution in [0.1, 0.15) is 0 Å². The van der Waals surface area contributed by atoms with Crippen molar-refractivity contribution in [1.29, 1.82) is 0 Å². The minimum absolute atomic E-state index is 0.278. The van der Waals surface area contributed by atoms with Crippen molar-refractivity contribution in [2.75, 3.05) is 0 Å². The number of rotatable bonds is 3. The van der Waals surface area contributed by atoms with Crippen molar-refractivity contribution in [1.82, 2.24) is 0 Å². The van der Waals surface area contributed by atoms with E-state index in [1.54, 1.807) is 6.08 Å². The van der Waals surface area contributed by atoms with E-state index in [4.69, 9.17) is 11.5 Å². The lowest BCUT2D eigenvalue weighted by Crippen LogP contribution is -2.13. The van der Waals surface area contributed by atoms with Gasteiger partial charge in [0, 0.05) is 6.20 Å². The first-order valence-corrected chi connectivity index (χ1v) is 2.73. The molecule has 0 aromatic heterocycles. The molecule has 10 heavy (non-hydrogen) atoms. The van der Waals surface area contributed by atoms with Gasteiger partial charge in [0.05, 0.1) is 5.57 Å². The molecule has 0 fully saturated rings. The van der Waals surface area contributed by atoms with E-state index in [2.05, 4.69) is 6.58 Å². The van der Waals surface area contributed by atoms with Gasteiger partial charge in [-0.25, -0.2) is 0 Å². The van der Waals surface area contributed by atoms with Crippen LogP contribution in [0.25, 0.3) is 0 Å². The van der Waals surface area contributed by atoms with E-state index in [9.17, 15) is 4.79 Å². The SMILES string of the molecule is C=C/C=C\C(=C/N)C(N)=O. The average molecular weight is 138 g/mol. The predicted molar refractivity (Wildman–Crippen MR) is 40.8 cm³/mol. The number of hydrogen-bond acceptors (Lipinski definition) is 2. The number of hydrogen-bond donors (Lipinski definition) is 2. The Kier molecular flexibility index (Phi) is 3.72. The maximum Gasteiger partial charge on any atom is 0.250 e. The first-order valence-electron chi connectivity index (χ1n) is 2.73. The highest BCUT2D eigenvalue weighted by Gasteiger charge is 1.95.